The standard InChI is InChI=1S/C10H13N2O2/c1-2-7-11-8-9-3-5-10(6-4-9)12(13)14/h3-6H,2,7-8H2,1H3. The van der Waals surface area contributed by atoms with Crippen molar-refractivity contribution in [2.24, 2.45) is 0 Å². The summed E-state index contributed by atoms with van der Waals surface area (Å²) >= 11 is 0. The van der Waals surface area contributed by atoms with Gasteiger partial charge in [0.2, 0.25) is 0 Å². The van der Waals surface area contributed by atoms with Crippen molar-refractivity contribution in [3.63, 3.8) is 0 Å². The first kappa shape index (κ1) is 10.7. The molecule has 0 N–H and O–H groups in total. The van der Waals surface area contributed by atoms with Gasteiger partial charge in [0.25, 0.3) is 5.69 Å². The molecule has 14 heavy (non-hydrogen) atoms. The Hall–Kier alpha value is -1.42. The predicted molar refractivity (Wildman–Crippen MR) is 54.1 cm³/mol. The highest BCUT2D eigenvalue weighted by Gasteiger charge is 2.03. The number of hydrogen-bond donors (Lipinski definition) is 0. The van der Waals surface area contributed by atoms with Gasteiger partial charge in [-0.05, 0) is 12.0 Å². The summed E-state index contributed by atoms with van der Waals surface area (Å²) in [5, 5.41) is 14.6. The first-order valence-electron chi connectivity index (χ1n) is 4.60. The largest absolute Gasteiger partial charge is 0.269 e. The molecule has 0 unspecified atom stereocenters. The van der Waals surface area contributed by atoms with Crippen molar-refractivity contribution in [2.45, 2.75) is 19.9 Å². The zero-order valence-corrected chi connectivity index (χ0v) is 8.14. The number of nitro benzene ring substituents is 1. The quantitative estimate of drug-likeness (QED) is 0.408. The molecular weight excluding hydrogens is 180 g/mol. The number of nitro groups is 1. The van der Waals surface area contributed by atoms with E-state index in [9.17, 15) is 10.1 Å². The van der Waals surface area contributed by atoms with E-state index in [1.54, 1.807) is 12.1 Å². The first-order chi connectivity index (χ1) is 6.74. The van der Waals surface area contributed by atoms with Gasteiger partial charge < -0.3 is 0 Å². The van der Waals surface area contributed by atoms with Crippen LogP contribution in [0, 0.1) is 10.1 Å². The van der Waals surface area contributed by atoms with Crippen LogP contribution in [0.15, 0.2) is 24.3 Å². The molecule has 1 aromatic rings. The zero-order valence-electron chi connectivity index (χ0n) is 8.14. The fourth-order valence-electron chi connectivity index (χ4n) is 1.09. The fraction of sp³-hybridized carbons (Fsp3) is 0.400. The highest BCUT2D eigenvalue weighted by molar-refractivity contribution is 5.32. The van der Waals surface area contributed by atoms with Crippen LogP contribution in [0.25, 0.3) is 0 Å². The molecule has 0 spiro atoms. The molecule has 0 amide bonds. The maximum Gasteiger partial charge on any atom is 0.269 e. The minimum absolute atomic E-state index is 0.129. The Kier molecular flexibility index (Phi) is 4.07. The van der Waals surface area contributed by atoms with Crippen LogP contribution in [0.5, 0.6) is 0 Å². The molecule has 1 aromatic carbocycles. The van der Waals surface area contributed by atoms with Gasteiger partial charge in [-0.2, -0.15) is 0 Å². The maximum absolute atomic E-state index is 10.4. The number of rotatable bonds is 5. The summed E-state index contributed by atoms with van der Waals surface area (Å²) in [6.07, 6.45) is 1.03. The van der Waals surface area contributed by atoms with Crippen molar-refractivity contribution in [2.75, 3.05) is 6.54 Å². The molecule has 0 aliphatic heterocycles. The molecule has 0 atom stereocenters. The Labute approximate surface area is 83.1 Å². The van der Waals surface area contributed by atoms with Gasteiger partial charge in [0, 0.05) is 25.2 Å². The molecule has 0 saturated carbocycles. The normalized spacial score (nSPS) is 10.1. The van der Waals surface area contributed by atoms with Gasteiger partial charge in [-0.15, -0.1) is 0 Å². The van der Waals surface area contributed by atoms with Gasteiger partial charge >= 0.3 is 0 Å². The van der Waals surface area contributed by atoms with Gasteiger partial charge in [0.15, 0.2) is 0 Å². The van der Waals surface area contributed by atoms with E-state index in [1.807, 2.05) is 0 Å². The first-order valence-corrected chi connectivity index (χ1v) is 4.60. The van der Waals surface area contributed by atoms with Crippen LogP contribution >= 0.6 is 0 Å². The lowest BCUT2D eigenvalue weighted by molar-refractivity contribution is -0.384. The molecule has 75 valence electrons. The summed E-state index contributed by atoms with van der Waals surface area (Å²) in [5.74, 6) is 0. The van der Waals surface area contributed by atoms with Gasteiger partial charge in [-0.25, -0.2) is 5.32 Å². The van der Waals surface area contributed by atoms with Crippen LogP contribution in [-0.4, -0.2) is 11.5 Å². The minimum atomic E-state index is -0.396. The van der Waals surface area contributed by atoms with Crippen LogP contribution in [0.1, 0.15) is 18.9 Å². The van der Waals surface area contributed by atoms with Crippen LogP contribution in [0.4, 0.5) is 5.69 Å². The summed E-state index contributed by atoms with van der Waals surface area (Å²) in [4.78, 5) is 9.96. The van der Waals surface area contributed by atoms with Gasteiger partial charge in [0.05, 0.1) is 4.92 Å². The molecule has 1 radical (unpaired) electrons. The van der Waals surface area contributed by atoms with Crippen molar-refractivity contribution in [3.05, 3.63) is 39.9 Å². The second-order valence-electron chi connectivity index (χ2n) is 3.03. The highest BCUT2D eigenvalue weighted by Crippen LogP contribution is 2.11. The average molecular weight is 193 g/mol. The molecular formula is C10H13N2O2. The van der Waals surface area contributed by atoms with Crippen molar-refractivity contribution in [1.82, 2.24) is 5.32 Å². The summed E-state index contributed by atoms with van der Waals surface area (Å²) in [6.45, 7) is 3.56. The van der Waals surface area contributed by atoms with Gasteiger partial charge in [-0.3, -0.25) is 10.1 Å². The van der Waals surface area contributed by atoms with Gasteiger partial charge in [-0.1, -0.05) is 19.1 Å². The Morgan fingerprint density at radius 3 is 2.50 bits per heavy atom. The molecule has 0 aliphatic rings. The maximum atomic E-state index is 10.4. The minimum Gasteiger partial charge on any atom is -0.258 e. The van der Waals surface area contributed by atoms with Crippen molar-refractivity contribution < 1.29 is 4.92 Å². The molecule has 4 nitrogen and oxygen atoms in total. The lowest BCUT2D eigenvalue weighted by Crippen LogP contribution is -2.05. The smallest absolute Gasteiger partial charge is 0.258 e. The third kappa shape index (κ3) is 3.14. The zero-order chi connectivity index (χ0) is 10.4. The predicted octanol–water partition coefficient (Wildman–Crippen LogP) is 2.11. The van der Waals surface area contributed by atoms with Crippen molar-refractivity contribution in [1.29, 1.82) is 0 Å². The third-order valence-corrected chi connectivity index (χ3v) is 1.82. The Morgan fingerprint density at radius 1 is 1.36 bits per heavy atom. The van der Waals surface area contributed by atoms with E-state index in [1.165, 1.54) is 12.1 Å². The number of benzene rings is 1. The van der Waals surface area contributed by atoms with Crippen LogP contribution in [0.2, 0.25) is 0 Å². The molecule has 0 aromatic heterocycles. The summed E-state index contributed by atoms with van der Waals surface area (Å²) in [7, 11) is 0. The lowest BCUT2D eigenvalue weighted by atomic mass is 10.2. The second kappa shape index (κ2) is 5.34. The summed E-state index contributed by atoms with van der Waals surface area (Å²) in [5.41, 5.74) is 1.15. The van der Waals surface area contributed by atoms with E-state index in [0.717, 1.165) is 18.5 Å². The molecule has 1 rings (SSSR count). The van der Waals surface area contributed by atoms with E-state index in [2.05, 4.69) is 12.2 Å². The van der Waals surface area contributed by atoms with E-state index in [4.69, 9.17) is 0 Å². The van der Waals surface area contributed by atoms with Crippen LogP contribution < -0.4 is 5.32 Å². The van der Waals surface area contributed by atoms with Gasteiger partial charge in [0.1, 0.15) is 0 Å². The lowest BCUT2D eigenvalue weighted by Gasteiger charge is -2.00. The molecule has 0 aliphatic carbocycles. The van der Waals surface area contributed by atoms with E-state index >= 15 is 0 Å². The van der Waals surface area contributed by atoms with E-state index in [-0.39, 0.29) is 5.69 Å². The number of hydrogen-bond acceptors (Lipinski definition) is 2. The highest BCUT2D eigenvalue weighted by atomic mass is 16.6. The third-order valence-electron chi connectivity index (χ3n) is 1.82. The number of nitrogens with zero attached hydrogens (tertiary/aromatic N) is 2. The SMILES string of the molecule is CCC[N]Cc1ccc([N+](=O)[O-])cc1. The van der Waals surface area contributed by atoms with Crippen LogP contribution in [-0.2, 0) is 6.54 Å². The van der Waals surface area contributed by atoms with E-state index < -0.39 is 4.92 Å². The van der Waals surface area contributed by atoms with Crippen molar-refractivity contribution in [3.8, 4) is 0 Å². The average Bonchev–Trinajstić information content (AvgIpc) is 2.19. The Bertz CT molecular complexity index is 295. The molecule has 0 saturated heterocycles. The second-order valence-corrected chi connectivity index (χ2v) is 3.03. The monoisotopic (exact) mass is 193 g/mol. The molecule has 0 fully saturated rings. The summed E-state index contributed by atoms with van der Waals surface area (Å²) < 4.78 is 0. The molecule has 0 bridgehead atoms. The Balaban J connectivity index is 2.51. The van der Waals surface area contributed by atoms with Crippen molar-refractivity contribution >= 4 is 5.69 Å². The topological polar surface area (TPSA) is 57.2 Å². The Morgan fingerprint density at radius 2 is 2.00 bits per heavy atom. The number of non-ortho nitro benzene ring substituents is 1. The van der Waals surface area contributed by atoms with Crippen LogP contribution in [0.3, 0.4) is 0 Å². The summed E-state index contributed by atoms with van der Waals surface area (Å²) in [6, 6.07) is 6.52. The fourth-order valence-corrected chi connectivity index (χ4v) is 1.09. The van der Waals surface area contributed by atoms with E-state index in [0.29, 0.717) is 6.54 Å². The molecule has 4 heteroatoms. The molecule has 0 heterocycles.